The Hall–Kier alpha value is -1.42. The fraction of sp³-hybridized carbons (Fsp3) is 0.500. The molecule has 3 nitrogen and oxygen atoms in total. The molecule has 0 aliphatic heterocycles. The topological polar surface area (TPSA) is 48.6 Å². The molecule has 0 aliphatic carbocycles. The van der Waals surface area contributed by atoms with Crippen LogP contribution >= 0.6 is 11.8 Å². The van der Waals surface area contributed by atoms with Gasteiger partial charge >= 0.3 is 5.69 Å². The summed E-state index contributed by atoms with van der Waals surface area (Å²) >= 11 is 1.86. The van der Waals surface area contributed by atoms with Crippen molar-refractivity contribution in [2.75, 3.05) is 5.75 Å². The number of aromatic nitrogens is 2. The van der Waals surface area contributed by atoms with Gasteiger partial charge in [-0.25, -0.2) is 4.79 Å². The highest BCUT2D eigenvalue weighted by molar-refractivity contribution is 7.98. The lowest BCUT2D eigenvalue weighted by molar-refractivity contribution is 0.776. The number of rotatable bonds is 7. The van der Waals surface area contributed by atoms with Gasteiger partial charge in [-0.1, -0.05) is 45.9 Å². The van der Waals surface area contributed by atoms with Crippen molar-refractivity contribution in [2.24, 2.45) is 0 Å². The van der Waals surface area contributed by atoms with Gasteiger partial charge in [0.2, 0.25) is 0 Å². The van der Waals surface area contributed by atoms with Crippen LogP contribution in [-0.4, -0.2) is 15.7 Å². The third kappa shape index (κ3) is 4.29. The van der Waals surface area contributed by atoms with Crippen LogP contribution in [0.1, 0.15) is 61.9 Å². The molecular formula is C18H26N2OS. The number of imidazole rings is 1. The molecule has 0 atom stereocenters. The van der Waals surface area contributed by atoms with E-state index < -0.39 is 0 Å². The molecule has 2 rings (SSSR count). The van der Waals surface area contributed by atoms with Gasteiger partial charge in [-0.15, -0.1) is 0 Å². The number of hydrogen-bond donors (Lipinski definition) is 2. The van der Waals surface area contributed by atoms with Crippen LogP contribution in [0.15, 0.2) is 29.2 Å². The van der Waals surface area contributed by atoms with E-state index in [0.717, 1.165) is 23.6 Å². The van der Waals surface area contributed by atoms with Crippen molar-refractivity contribution >= 4 is 11.8 Å². The van der Waals surface area contributed by atoms with Crippen LogP contribution in [0.25, 0.3) is 0 Å². The maximum atomic E-state index is 11.0. The molecule has 22 heavy (non-hydrogen) atoms. The zero-order valence-electron chi connectivity index (χ0n) is 13.9. The molecule has 0 aliphatic rings. The largest absolute Gasteiger partial charge is 0.323 e. The second-order valence-electron chi connectivity index (χ2n) is 6.30. The van der Waals surface area contributed by atoms with E-state index in [0.29, 0.717) is 11.8 Å². The molecule has 0 saturated carbocycles. The highest BCUT2D eigenvalue weighted by atomic mass is 32.2. The van der Waals surface area contributed by atoms with Crippen molar-refractivity contribution in [2.45, 2.75) is 51.7 Å². The van der Waals surface area contributed by atoms with E-state index in [1.165, 1.54) is 16.7 Å². The summed E-state index contributed by atoms with van der Waals surface area (Å²) in [6.45, 7) is 9.09. The molecule has 120 valence electrons. The van der Waals surface area contributed by atoms with Crippen LogP contribution in [0.3, 0.4) is 0 Å². The Labute approximate surface area is 136 Å². The van der Waals surface area contributed by atoms with Crippen LogP contribution in [-0.2, 0) is 12.2 Å². The predicted octanol–water partition coefficient (Wildman–Crippen LogP) is 4.43. The summed E-state index contributed by atoms with van der Waals surface area (Å²) < 4.78 is 0. The Morgan fingerprint density at radius 3 is 2.50 bits per heavy atom. The zero-order chi connectivity index (χ0) is 16.1. The molecule has 2 N–H and O–H groups in total. The van der Waals surface area contributed by atoms with Crippen molar-refractivity contribution in [3.63, 3.8) is 0 Å². The predicted molar refractivity (Wildman–Crippen MR) is 95.9 cm³/mol. The first kappa shape index (κ1) is 16.9. The molecule has 0 unspecified atom stereocenters. The van der Waals surface area contributed by atoms with E-state index in [1.54, 1.807) is 6.20 Å². The number of hydrogen-bond acceptors (Lipinski definition) is 2. The molecule has 4 heteroatoms. The first-order valence-corrected chi connectivity index (χ1v) is 9.10. The number of H-pyrrole nitrogens is 2. The number of aromatic amines is 2. The average molecular weight is 318 g/mol. The molecular weight excluding hydrogens is 292 g/mol. The third-order valence-corrected chi connectivity index (χ3v) is 4.86. The molecule has 1 heterocycles. The van der Waals surface area contributed by atoms with E-state index in [4.69, 9.17) is 0 Å². The maximum absolute atomic E-state index is 11.0. The Kier molecular flexibility index (Phi) is 5.95. The number of benzene rings is 1. The van der Waals surface area contributed by atoms with Gasteiger partial charge in [0, 0.05) is 17.6 Å². The lowest BCUT2D eigenvalue weighted by Gasteiger charge is -2.20. The lowest BCUT2D eigenvalue weighted by Crippen LogP contribution is -2.05. The summed E-state index contributed by atoms with van der Waals surface area (Å²) in [6.07, 6.45) is 2.83. The lowest BCUT2D eigenvalue weighted by atomic mass is 9.86. The summed E-state index contributed by atoms with van der Waals surface area (Å²) in [6, 6.07) is 6.71. The zero-order valence-corrected chi connectivity index (χ0v) is 14.7. The smallest absolute Gasteiger partial charge is 0.313 e. The Morgan fingerprint density at radius 2 is 1.91 bits per heavy atom. The maximum Gasteiger partial charge on any atom is 0.323 e. The van der Waals surface area contributed by atoms with Crippen molar-refractivity contribution < 1.29 is 0 Å². The molecule has 0 radical (unpaired) electrons. The summed E-state index contributed by atoms with van der Waals surface area (Å²) in [7, 11) is 0. The number of aryl methyl sites for hydroxylation is 1. The standard InChI is InChI=1S/C18H26N2OS/c1-12(2)16-7-5-6-14(17(16)13(3)4)8-9-22-11-15-10-19-18(21)20-15/h5-7,10,12-13H,8-9,11H2,1-4H3,(H2,19,20,21). The van der Waals surface area contributed by atoms with Crippen molar-refractivity contribution in [1.29, 1.82) is 0 Å². The summed E-state index contributed by atoms with van der Waals surface area (Å²) in [5.41, 5.74) is 5.31. The highest BCUT2D eigenvalue weighted by Gasteiger charge is 2.13. The number of nitrogens with one attached hydrogen (secondary N) is 2. The third-order valence-electron chi connectivity index (χ3n) is 3.85. The second kappa shape index (κ2) is 7.73. The molecule has 0 spiro atoms. The van der Waals surface area contributed by atoms with Crippen LogP contribution < -0.4 is 5.69 Å². The van der Waals surface area contributed by atoms with Crippen molar-refractivity contribution in [3.8, 4) is 0 Å². The summed E-state index contributed by atoms with van der Waals surface area (Å²) in [5.74, 6) is 3.03. The van der Waals surface area contributed by atoms with Gasteiger partial charge in [-0.3, -0.25) is 0 Å². The first-order chi connectivity index (χ1) is 10.5. The van der Waals surface area contributed by atoms with E-state index in [9.17, 15) is 4.79 Å². The van der Waals surface area contributed by atoms with Crippen molar-refractivity contribution in [3.05, 3.63) is 57.3 Å². The van der Waals surface area contributed by atoms with E-state index in [1.807, 2.05) is 11.8 Å². The quantitative estimate of drug-likeness (QED) is 0.742. The fourth-order valence-electron chi connectivity index (χ4n) is 2.87. The fourth-order valence-corrected chi connectivity index (χ4v) is 3.76. The van der Waals surface area contributed by atoms with E-state index in [-0.39, 0.29) is 5.69 Å². The van der Waals surface area contributed by atoms with E-state index >= 15 is 0 Å². The number of thioether (sulfide) groups is 1. The highest BCUT2D eigenvalue weighted by Crippen LogP contribution is 2.30. The average Bonchev–Trinajstić information content (AvgIpc) is 2.88. The summed E-state index contributed by atoms with van der Waals surface area (Å²) in [4.78, 5) is 16.5. The Bertz CT molecular complexity index is 655. The Morgan fingerprint density at radius 1 is 1.14 bits per heavy atom. The van der Waals surface area contributed by atoms with Gasteiger partial charge < -0.3 is 9.97 Å². The minimum absolute atomic E-state index is 0.123. The molecule has 0 amide bonds. The summed E-state index contributed by atoms with van der Waals surface area (Å²) in [5, 5.41) is 0. The van der Waals surface area contributed by atoms with Gasteiger partial charge in [0.25, 0.3) is 0 Å². The van der Waals surface area contributed by atoms with Gasteiger partial charge in [0.15, 0.2) is 0 Å². The molecule has 1 aromatic carbocycles. The minimum atomic E-state index is -0.123. The van der Waals surface area contributed by atoms with Gasteiger partial charge in [0.05, 0.1) is 0 Å². The van der Waals surface area contributed by atoms with Crippen LogP contribution in [0.4, 0.5) is 0 Å². The molecule has 0 fully saturated rings. The van der Waals surface area contributed by atoms with Crippen LogP contribution in [0, 0.1) is 0 Å². The SMILES string of the molecule is CC(C)c1cccc(CCSCc2c[nH]c(=O)[nH]2)c1C(C)C. The van der Waals surface area contributed by atoms with Crippen LogP contribution in [0.2, 0.25) is 0 Å². The molecule has 1 aromatic heterocycles. The van der Waals surface area contributed by atoms with E-state index in [2.05, 4.69) is 55.9 Å². The first-order valence-electron chi connectivity index (χ1n) is 7.95. The van der Waals surface area contributed by atoms with Crippen LogP contribution in [0.5, 0.6) is 0 Å². The monoisotopic (exact) mass is 318 g/mol. The van der Waals surface area contributed by atoms with Gasteiger partial charge in [0.1, 0.15) is 0 Å². The molecule has 0 bridgehead atoms. The molecule has 2 aromatic rings. The van der Waals surface area contributed by atoms with Gasteiger partial charge in [-0.05, 0) is 40.7 Å². The Balaban J connectivity index is 2.00. The van der Waals surface area contributed by atoms with Gasteiger partial charge in [-0.2, -0.15) is 11.8 Å². The minimum Gasteiger partial charge on any atom is -0.313 e. The second-order valence-corrected chi connectivity index (χ2v) is 7.41. The molecule has 0 saturated heterocycles. The van der Waals surface area contributed by atoms with Crippen molar-refractivity contribution in [1.82, 2.24) is 9.97 Å². The normalized spacial score (nSPS) is 11.5.